The van der Waals surface area contributed by atoms with Crippen LogP contribution in [0.3, 0.4) is 0 Å². The summed E-state index contributed by atoms with van der Waals surface area (Å²) in [6, 6.07) is 5.55. The van der Waals surface area contributed by atoms with Crippen molar-refractivity contribution in [2.75, 3.05) is 31.1 Å². The number of carbonyl (C=O) groups is 1. The second-order valence-electron chi connectivity index (χ2n) is 4.52. The Kier molecular flexibility index (Phi) is 4.27. The van der Waals surface area contributed by atoms with E-state index in [0.717, 1.165) is 24.3 Å². The van der Waals surface area contributed by atoms with Crippen LogP contribution in [0.4, 0.5) is 5.69 Å². The lowest BCUT2D eigenvalue weighted by atomic mass is 10.1. The van der Waals surface area contributed by atoms with Crippen molar-refractivity contribution in [3.05, 3.63) is 28.8 Å². The number of thiocarbonyl (C=S) groups is 1. The second-order valence-corrected chi connectivity index (χ2v) is 5.40. The van der Waals surface area contributed by atoms with Crippen molar-refractivity contribution in [2.45, 2.75) is 6.92 Å². The number of carbonyl (C=O) groups excluding carboxylic acids is 1. The van der Waals surface area contributed by atoms with Gasteiger partial charge < -0.3 is 15.5 Å². The number of anilines is 1. The lowest BCUT2D eigenvalue weighted by molar-refractivity contribution is -0.129. The maximum Gasteiger partial charge on any atom is 0.219 e. The molecule has 0 atom stereocenters. The number of hydrogen-bond donors (Lipinski definition) is 1. The lowest BCUT2D eigenvalue weighted by Crippen LogP contribution is -2.48. The highest BCUT2D eigenvalue weighted by atomic mass is 35.5. The van der Waals surface area contributed by atoms with Gasteiger partial charge in [-0.25, -0.2) is 0 Å². The second kappa shape index (κ2) is 5.75. The molecular formula is C13H16ClN3OS. The summed E-state index contributed by atoms with van der Waals surface area (Å²) in [5.41, 5.74) is 7.52. The monoisotopic (exact) mass is 297 g/mol. The number of benzene rings is 1. The van der Waals surface area contributed by atoms with Crippen molar-refractivity contribution in [1.82, 2.24) is 4.90 Å². The Bertz CT molecular complexity index is 513. The zero-order valence-electron chi connectivity index (χ0n) is 10.7. The van der Waals surface area contributed by atoms with Gasteiger partial charge in [-0.15, -0.1) is 0 Å². The van der Waals surface area contributed by atoms with Crippen LogP contribution in [0.25, 0.3) is 0 Å². The summed E-state index contributed by atoms with van der Waals surface area (Å²) < 4.78 is 0. The molecule has 1 heterocycles. The van der Waals surface area contributed by atoms with Crippen LogP contribution in [0.5, 0.6) is 0 Å². The molecule has 0 aliphatic carbocycles. The van der Waals surface area contributed by atoms with Gasteiger partial charge in [0.25, 0.3) is 0 Å². The fraction of sp³-hybridized carbons (Fsp3) is 0.385. The van der Waals surface area contributed by atoms with Crippen molar-refractivity contribution in [3.8, 4) is 0 Å². The van der Waals surface area contributed by atoms with Gasteiger partial charge in [-0.2, -0.15) is 0 Å². The van der Waals surface area contributed by atoms with E-state index in [9.17, 15) is 4.79 Å². The maximum absolute atomic E-state index is 11.3. The topological polar surface area (TPSA) is 49.6 Å². The van der Waals surface area contributed by atoms with E-state index in [0.29, 0.717) is 23.1 Å². The summed E-state index contributed by atoms with van der Waals surface area (Å²) >= 11 is 11.0. The molecule has 0 saturated carbocycles. The Morgan fingerprint density at radius 1 is 1.32 bits per heavy atom. The number of nitrogens with zero attached hydrogens (tertiary/aromatic N) is 2. The standard InChI is InChI=1S/C13H16ClN3OS/c1-9(18)16-4-6-17(7-5-16)12-3-2-10(14)8-11(12)13(15)19/h2-3,8H,4-7H2,1H3,(H2,15,19). The van der Waals surface area contributed by atoms with Crippen molar-refractivity contribution in [3.63, 3.8) is 0 Å². The van der Waals surface area contributed by atoms with Crippen LogP contribution < -0.4 is 10.6 Å². The molecular weight excluding hydrogens is 282 g/mol. The number of rotatable bonds is 2. The maximum atomic E-state index is 11.3. The Hall–Kier alpha value is -1.33. The molecule has 0 aromatic heterocycles. The van der Waals surface area contributed by atoms with Crippen molar-refractivity contribution in [2.24, 2.45) is 5.73 Å². The third-order valence-corrected chi connectivity index (χ3v) is 3.74. The van der Waals surface area contributed by atoms with Crippen molar-refractivity contribution < 1.29 is 4.79 Å². The first-order valence-electron chi connectivity index (χ1n) is 6.09. The van der Waals surface area contributed by atoms with Gasteiger partial charge in [-0.3, -0.25) is 4.79 Å². The van der Waals surface area contributed by atoms with E-state index in [1.54, 1.807) is 13.0 Å². The molecule has 0 radical (unpaired) electrons. The normalized spacial score (nSPS) is 15.5. The van der Waals surface area contributed by atoms with Crippen LogP contribution in [0.15, 0.2) is 18.2 Å². The molecule has 2 N–H and O–H groups in total. The molecule has 19 heavy (non-hydrogen) atoms. The first-order valence-corrected chi connectivity index (χ1v) is 6.87. The van der Waals surface area contributed by atoms with E-state index >= 15 is 0 Å². The molecule has 1 aromatic rings. The van der Waals surface area contributed by atoms with Crippen LogP contribution in [-0.2, 0) is 4.79 Å². The predicted octanol–water partition coefficient (Wildman–Crippen LogP) is 1.64. The van der Waals surface area contributed by atoms with E-state index in [-0.39, 0.29) is 5.91 Å². The van der Waals surface area contributed by atoms with Crippen molar-refractivity contribution >= 4 is 40.4 Å². The van der Waals surface area contributed by atoms with Gasteiger partial charge >= 0.3 is 0 Å². The molecule has 4 nitrogen and oxygen atoms in total. The molecule has 1 saturated heterocycles. The van der Waals surface area contributed by atoms with Gasteiger partial charge in [0.2, 0.25) is 5.91 Å². The molecule has 0 bridgehead atoms. The average molecular weight is 298 g/mol. The summed E-state index contributed by atoms with van der Waals surface area (Å²) in [6.45, 7) is 4.58. The first-order chi connectivity index (χ1) is 8.99. The van der Waals surface area contributed by atoms with E-state index in [1.807, 2.05) is 17.0 Å². The number of amides is 1. The van der Waals surface area contributed by atoms with Gasteiger partial charge in [-0.05, 0) is 18.2 Å². The summed E-state index contributed by atoms with van der Waals surface area (Å²) in [5, 5.41) is 0.619. The molecule has 1 aliphatic rings. The molecule has 2 rings (SSSR count). The predicted molar refractivity (Wildman–Crippen MR) is 81.8 cm³/mol. The molecule has 6 heteroatoms. The summed E-state index contributed by atoms with van der Waals surface area (Å²) in [6.07, 6.45) is 0. The third kappa shape index (κ3) is 3.16. The highest BCUT2D eigenvalue weighted by Crippen LogP contribution is 2.25. The number of halogens is 1. The van der Waals surface area contributed by atoms with Gasteiger partial charge in [0.05, 0.1) is 0 Å². The number of nitrogens with two attached hydrogens (primary N) is 1. The molecule has 0 unspecified atom stereocenters. The average Bonchev–Trinajstić information content (AvgIpc) is 2.38. The molecule has 1 fully saturated rings. The van der Waals surface area contributed by atoms with Crippen LogP contribution in [0.1, 0.15) is 12.5 Å². The molecule has 1 amide bonds. The summed E-state index contributed by atoms with van der Waals surface area (Å²) in [5.74, 6) is 0.116. The quantitative estimate of drug-likeness (QED) is 0.843. The zero-order valence-corrected chi connectivity index (χ0v) is 12.3. The molecule has 1 aliphatic heterocycles. The van der Waals surface area contributed by atoms with E-state index in [2.05, 4.69) is 4.90 Å². The SMILES string of the molecule is CC(=O)N1CCN(c2ccc(Cl)cc2C(N)=S)CC1. The minimum Gasteiger partial charge on any atom is -0.389 e. The van der Waals surface area contributed by atoms with E-state index in [1.165, 1.54) is 0 Å². The van der Waals surface area contributed by atoms with Crippen LogP contribution in [0, 0.1) is 0 Å². The molecule has 1 aromatic carbocycles. The van der Waals surface area contributed by atoms with Crippen LogP contribution >= 0.6 is 23.8 Å². The molecule has 0 spiro atoms. The largest absolute Gasteiger partial charge is 0.389 e. The Labute approximate surface area is 123 Å². The number of hydrogen-bond acceptors (Lipinski definition) is 3. The fourth-order valence-corrected chi connectivity index (χ4v) is 2.58. The van der Waals surface area contributed by atoms with Crippen LogP contribution in [0.2, 0.25) is 5.02 Å². The lowest BCUT2D eigenvalue weighted by Gasteiger charge is -2.36. The zero-order chi connectivity index (χ0) is 14.0. The smallest absolute Gasteiger partial charge is 0.219 e. The highest BCUT2D eigenvalue weighted by Gasteiger charge is 2.21. The number of piperazine rings is 1. The molecule has 102 valence electrons. The Balaban J connectivity index is 2.20. The summed E-state index contributed by atoms with van der Waals surface area (Å²) in [7, 11) is 0. The minimum absolute atomic E-state index is 0.116. The van der Waals surface area contributed by atoms with Crippen LogP contribution in [-0.4, -0.2) is 42.0 Å². The highest BCUT2D eigenvalue weighted by molar-refractivity contribution is 7.80. The first kappa shape index (κ1) is 14.1. The Morgan fingerprint density at radius 3 is 2.47 bits per heavy atom. The van der Waals surface area contributed by atoms with Gasteiger partial charge in [0.15, 0.2) is 0 Å². The minimum atomic E-state index is 0.116. The Morgan fingerprint density at radius 2 is 1.95 bits per heavy atom. The van der Waals surface area contributed by atoms with Crippen molar-refractivity contribution in [1.29, 1.82) is 0 Å². The summed E-state index contributed by atoms with van der Waals surface area (Å²) in [4.78, 5) is 15.7. The van der Waals surface area contributed by atoms with Gasteiger partial charge in [-0.1, -0.05) is 23.8 Å². The van der Waals surface area contributed by atoms with E-state index < -0.39 is 0 Å². The van der Waals surface area contributed by atoms with Gasteiger partial charge in [0, 0.05) is 49.4 Å². The van der Waals surface area contributed by atoms with E-state index in [4.69, 9.17) is 29.6 Å². The van der Waals surface area contributed by atoms with Gasteiger partial charge in [0.1, 0.15) is 4.99 Å². The fourth-order valence-electron chi connectivity index (χ4n) is 2.24. The third-order valence-electron chi connectivity index (χ3n) is 3.29.